The molecule has 2 aromatic rings. The van der Waals surface area contributed by atoms with Gasteiger partial charge in [-0.15, -0.1) is 0 Å². The van der Waals surface area contributed by atoms with E-state index in [1.807, 2.05) is 13.0 Å². The maximum absolute atomic E-state index is 4.29. The zero-order valence-electron chi connectivity index (χ0n) is 10.9. The van der Waals surface area contributed by atoms with Crippen molar-refractivity contribution in [1.82, 2.24) is 9.36 Å². The number of aromatic nitrogens is 2. The summed E-state index contributed by atoms with van der Waals surface area (Å²) in [4.78, 5) is 6.54. The number of likely N-dealkylation sites (N-methyl/N-ethyl adjacent to an activating group) is 1. The van der Waals surface area contributed by atoms with Gasteiger partial charge in [0.25, 0.3) is 0 Å². The highest BCUT2D eigenvalue weighted by Gasteiger charge is 2.10. The summed E-state index contributed by atoms with van der Waals surface area (Å²) < 4.78 is 4.15. The molecule has 0 amide bonds. The average Bonchev–Trinajstić information content (AvgIpc) is 2.82. The lowest BCUT2D eigenvalue weighted by atomic mass is 10.2. The van der Waals surface area contributed by atoms with Crippen LogP contribution in [0.5, 0.6) is 0 Å². The standard InChI is InChI=1S/C13H18N4S/c1-10(9-14-13-15-11(2)16-18-13)17(3)12-7-5-4-6-8-12/h4-8,10H,9H2,1-3H3,(H,14,15,16). The van der Waals surface area contributed by atoms with Crippen LogP contribution < -0.4 is 10.2 Å². The fourth-order valence-electron chi connectivity index (χ4n) is 1.66. The molecule has 0 aliphatic carbocycles. The van der Waals surface area contributed by atoms with Gasteiger partial charge in [0, 0.05) is 36.9 Å². The van der Waals surface area contributed by atoms with Crippen LogP contribution >= 0.6 is 11.5 Å². The highest BCUT2D eigenvalue weighted by Crippen LogP contribution is 2.15. The molecule has 1 unspecified atom stereocenters. The van der Waals surface area contributed by atoms with Gasteiger partial charge in [-0.25, -0.2) is 4.98 Å². The third-order valence-electron chi connectivity index (χ3n) is 2.90. The highest BCUT2D eigenvalue weighted by molar-refractivity contribution is 7.09. The Morgan fingerprint density at radius 3 is 2.67 bits per heavy atom. The van der Waals surface area contributed by atoms with Crippen molar-refractivity contribution in [1.29, 1.82) is 0 Å². The van der Waals surface area contributed by atoms with Gasteiger partial charge in [0.15, 0.2) is 0 Å². The molecule has 0 spiro atoms. The maximum atomic E-state index is 4.29. The van der Waals surface area contributed by atoms with Crippen molar-refractivity contribution in [2.75, 3.05) is 23.8 Å². The largest absolute Gasteiger partial charge is 0.370 e. The van der Waals surface area contributed by atoms with Gasteiger partial charge in [0.05, 0.1) is 0 Å². The van der Waals surface area contributed by atoms with E-state index in [0.29, 0.717) is 6.04 Å². The van der Waals surface area contributed by atoms with Crippen LogP contribution in [-0.4, -0.2) is 29.0 Å². The molecule has 0 aliphatic heterocycles. The summed E-state index contributed by atoms with van der Waals surface area (Å²) in [6.07, 6.45) is 0. The van der Waals surface area contributed by atoms with Gasteiger partial charge < -0.3 is 10.2 Å². The first-order valence-electron chi connectivity index (χ1n) is 5.99. The van der Waals surface area contributed by atoms with Crippen molar-refractivity contribution >= 4 is 22.4 Å². The maximum Gasteiger partial charge on any atom is 0.202 e. The van der Waals surface area contributed by atoms with E-state index >= 15 is 0 Å². The zero-order chi connectivity index (χ0) is 13.0. The average molecular weight is 262 g/mol. The minimum absolute atomic E-state index is 0.386. The van der Waals surface area contributed by atoms with E-state index in [2.05, 4.69) is 57.8 Å². The Morgan fingerprint density at radius 1 is 1.33 bits per heavy atom. The van der Waals surface area contributed by atoms with Crippen LogP contribution in [-0.2, 0) is 0 Å². The normalized spacial score (nSPS) is 12.2. The number of anilines is 2. The number of hydrogen-bond acceptors (Lipinski definition) is 5. The van der Waals surface area contributed by atoms with Crippen LogP contribution in [0.4, 0.5) is 10.8 Å². The Kier molecular flexibility index (Phi) is 4.15. The first-order chi connectivity index (χ1) is 8.66. The van der Waals surface area contributed by atoms with E-state index in [1.165, 1.54) is 17.2 Å². The molecule has 1 N–H and O–H groups in total. The summed E-state index contributed by atoms with van der Waals surface area (Å²) in [6.45, 7) is 4.94. The highest BCUT2D eigenvalue weighted by atomic mass is 32.1. The van der Waals surface area contributed by atoms with Crippen molar-refractivity contribution in [2.24, 2.45) is 0 Å². The van der Waals surface area contributed by atoms with E-state index in [-0.39, 0.29) is 0 Å². The summed E-state index contributed by atoms with van der Waals surface area (Å²) in [6, 6.07) is 10.8. The van der Waals surface area contributed by atoms with Gasteiger partial charge in [-0.1, -0.05) is 18.2 Å². The fourth-order valence-corrected chi connectivity index (χ4v) is 2.24. The van der Waals surface area contributed by atoms with Crippen LogP contribution in [0.1, 0.15) is 12.7 Å². The lowest BCUT2D eigenvalue weighted by Crippen LogP contribution is -2.34. The van der Waals surface area contributed by atoms with E-state index in [0.717, 1.165) is 17.5 Å². The van der Waals surface area contributed by atoms with E-state index in [1.54, 1.807) is 0 Å². The molecule has 1 atom stereocenters. The molecule has 0 aliphatic rings. The molecule has 96 valence electrons. The number of para-hydroxylation sites is 1. The van der Waals surface area contributed by atoms with Gasteiger partial charge in [-0.2, -0.15) is 4.37 Å². The number of benzene rings is 1. The summed E-state index contributed by atoms with van der Waals surface area (Å²) in [5.74, 6) is 0.826. The Bertz CT molecular complexity index is 483. The predicted molar refractivity (Wildman–Crippen MR) is 77.4 cm³/mol. The third-order valence-corrected chi connectivity index (χ3v) is 3.66. The molecular weight excluding hydrogens is 244 g/mol. The van der Waals surface area contributed by atoms with Crippen LogP contribution in [0.3, 0.4) is 0 Å². The topological polar surface area (TPSA) is 41.1 Å². The number of nitrogens with zero attached hydrogens (tertiary/aromatic N) is 3. The molecule has 4 nitrogen and oxygen atoms in total. The second kappa shape index (κ2) is 5.82. The number of nitrogens with one attached hydrogen (secondary N) is 1. The number of aryl methyl sites for hydroxylation is 1. The Labute approximate surface area is 112 Å². The first kappa shape index (κ1) is 12.8. The fraction of sp³-hybridized carbons (Fsp3) is 0.385. The number of hydrogen-bond donors (Lipinski definition) is 1. The lowest BCUT2D eigenvalue weighted by Gasteiger charge is -2.27. The van der Waals surface area contributed by atoms with Gasteiger partial charge in [-0.3, -0.25) is 0 Å². The summed E-state index contributed by atoms with van der Waals surface area (Å²) in [7, 11) is 2.10. The minimum atomic E-state index is 0.386. The second-order valence-electron chi connectivity index (χ2n) is 4.32. The molecule has 0 fully saturated rings. The molecular formula is C13H18N4S. The van der Waals surface area contributed by atoms with Gasteiger partial charge in [0.1, 0.15) is 5.82 Å². The molecule has 0 bridgehead atoms. The van der Waals surface area contributed by atoms with E-state index in [4.69, 9.17) is 0 Å². The SMILES string of the molecule is Cc1nsc(NCC(C)N(C)c2ccccc2)n1. The molecule has 0 radical (unpaired) electrons. The summed E-state index contributed by atoms with van der Waals surface area (Å²) in [5.41, 5.74) is 1.22. The Balaban J connectivity index is 1.90. The monoisotopic (exact) mass is 262 g/mol. The number of rotatable bonds is 5. The quantitative estimate of drug-likeness (QED) is 0.899. The van der Waals surface area contributed by atoms with Crippen LogP contribution in [0.25, 0.3) is 0 Å². The van der Waals surface area contributed by atoms with Crippen LogP contribution in [0, 0.1) is 6.92 Å². The van der Waals surface area contributed by atoms with E-state index in [9.17, 15) is 0 Å². The van der Waals surface area contributed by atoms with Crippen molar-refractivity contribution in [2.45, 2.75) is 19.9 Å². The molecule has 1 aromatic heterocycles. The van der Waals surface area contributed by atoms with Gasteiger partial charge in [-0.05, 0) is 26.0 Å². The third kappa shape index (κ3) is 3.20. The summed E-state index contributed by atoms with van der Waals surface area (Å²) >= 11 is 1.41. The zero-order valence-corrected chi connectivity index (χ0v) is 11.7. The van der Waals surface area contributed by atoms with Crippen LogP contribution in [0.15, 0.2) is 30.3 Å². The minimum Gasteiger partial charge on any atom is -0.370 e. The second-order valence-corrected chi connectivity index (χ2v) is 5.07. The van der Waals surface area contributed by atoms with Crippen molar-refractivity contribution < 1.29 is 0 Å². The van der Waals surface area contributed by atoms with Gasteiger partial charge in [0.2, 0.25) is 5.13 Å². The van der Waals surface area contributed by atoms with Crippen molar-refractivity contribution in [3.05, 3.63) is 36.2 Å². The molecule has 0 saturated carbocycles. The molecule has 18 heavy (non-hydrogen) atoms. The first-order valence-corrected chi connectivity index (χ1v) is 6.76. The van der Waals surface area contributed by atoms with Crippen molar-refractivity contribution in [3.8, 4) is 0 Å². The molecule has 1 heterocycles. The van der Waals surface area contributed by atoms with Gasteiger partial charge >= 0.3 is 0 Å². The molecule has 1 aromatic carbocycles. The smallest absolute Gasteiger partial charge is 0.202 e. The predicted octanol–water partition coefficient (Wildman–Crippen LogP) is 2.78. The van der Waals surface area contributed by atoms with E-state index < -0.39 is 0 Å². The Hall–Kier alpha value is -1.62. The van der Waals surface area contributed by atoms with Crippen LogP contribution in [0.2, 0.25) is 0 Å². The lowest BCUT2D eigenvalue weighted by molar-refractivity contribution is 0.716. The summed E-state index contributed by atoms with van der Waals surface area (Å²) in [5, 5.41) is 4.21. The molecule has 2 rings (SSSR count). The van der Waals surface area contributed by atoms with Crippen molar-refractivity contribution in [3.63, 3.8) is 0 Å². The molecule has 0 saturated heterocycles. The molecule has 5 heteroatoms. The Morgan fingerprint density at radius 2 is 2.06 bits per heavy atom.